The van der Waals surface area contributed by atoms with Crippen LogP contribution in [0.1, 0.15) is 28.8 Å². The van der Waals surface area contributed by atoms with Crippen LogP contribution in [0.15, 0.2) is 60.8 Å². The molecule has 7 nitrogen and oxygen atoms in total. The van der Waals surface area contributed by atoms with Gasteiger partial charge in [0.05, 0.1) is 24.5 Å². The SMILES string of the molecule is Cc1ccc(-n2cc(C(=O)N3CCC(C(=O)N4CCOCC4)CC3)c(-c3ccccc3)n2)cc1. The Morgan fingerprint density at radius 2 is 1.56 bits per heavy atom. The fourth-order valence-electron chi connectivity index (χ4n) is 4.71. The summed E-state index contributed by atoms with van der Waals surface area (Å²) >= 11 is 0. The van der Waals surface area contributed by atoms with Crippen LogP contribution < -0.4 is 0 Å². The van der Waals surface area contributed by atoms with E-state index in [1.54, 1.807) is 4.68 Å². The Labute approximate surface area is 199 Å². The highest BCUT2D eigenvalue weighted by atomic mass is 16.5. The Bertz CT molecular complexity index is 1140. The number of carbonyl (C=O) groups is 2. The Balaban J connectivity index is 1.36. The molecule has 3 aromatic rings. The number of nitrogens with zero attached hydrogens (tertiary/aromatic N) is 4. The van der Waals surface area contributed by atoms with Gasteiger partial charge in [0, 0.05) is 43.9 Å². The van der Waals surface area contributed by atoms with Crippen molar-refractivity contribution < 1.29 is 14.3 Å². The zero-order valence-electron chi connectivity index (χ0n) is 19.5. The van der Waals surface area contributed by atoms with Crippen molar-refractivity contribution in [1.29, 1.82) is 0 Å². The fourth-order valence-corrected chi connectivity index (χ4v) is 4.71. The number of rotatable bonds is 4. The topological polar surface area (TPSA) is 67.7 Å². The Morgan fingerprint density at radius 3 is 2.24 bits per heavy atom. The lowest BCUT2D eigenvalue weighted by Crippen LogP contribution is -2.47. The summed E-state index contributed by atoms with van der Waals surface area (Å²) < 4.78 is 7.15. The first-order valence-electron chi connectivity index (χ1n) is 12.0. The number of aryl methyl sites for hydroxylation is 1. The molecule has 7 heteroatoms. The van der Waals surface area contributed by atoms with Crippen molar-refractivity contribution in [2.45, 2.75) is 19.8 Å². The maximum Gasteiger partial charge on any atom is 0.257 e. The summed E-state index contributed by atoms with van der Waals surface area (Å²) in [7, 11) is 0. The van der Waals surface area contributed by atoms with E-state index in [1.807, 2.05) is 77.5 Å². The van der Waals surface area contributed by atoms with Crippen LogP contribution in [0.4, 0.5) is 0 Å². The van der Waals surface area contributed by atoms with E-state index in [1.165, 1.54) is 5.56 Å². The smallest absolute Gasteiger partial charge is 0.257 e. The first-order chi connectivity index (χ1) is 16.6. The quantitative estimate of drug-likeness (QED) is 0.600. The molecular formula is C27H30N4O3. The Hall–Kier alpha value is -3.45. The van der Waals surface area contributed by atoms with Crippen LogP contribution in [0.3, 0.4) is 0 Å². The standard InChI is InChI=1S/C27H30N4O3/c1-20-7-9-23(10-8-20)31-19-24(25(28-31)21-5-3-2-4-6-21)27(33)29-13-11-22(12-14-29)26(32)30-15-17-34-18-16-30/h2-10,19,22H,11-18H2,1H3. The van der Waals surface area contributed by atoms with Gasteiger partial charge in [-0.2, -0.15) is 5.10 Å². The van der Waals surface area contributed by atoms with Crippen molar-refractivity contribution in [3.05, 3.63) is 71.9 Å². The van der Waals surface area contributed by atoms with Crippen LogP contribution in [0.5, 0.6) is 0 Å². The predicted octanol–water partition coefficient (Wildman–Crippen LogP) is 3.56. The molecule has 2 fully saturated rings. The summed E-state index contributed by atoms with van der Waals surface area (Å²) in [5.74, 6) is 0.146. The molecule has 2 aromatic carbocycles. The number of benzene rings is 2. The first-order valence-corrected chi connectivity index (χ1v) is 12.0. The second kappa shape index (κ2) is 9.81. The first kappa shape index (κ1) is 22.3. The maximum atomic E-state index is 13.6. The minimum absolute atomic E-state index is 0.0222. The number of aromatic nitrogens is 2. The van der Waals surface area contributed by atoms with Crippen molar-refractivity contribution in [2.75, 3.05) is 39.4 Å². The molecule has 34 heavy (non-hydrogen) atoms. The molecule has 0 aliphatic carbocycles. The highest BCUT2D eigenvalue weighted by Crippen LogP contribution is 2.27. The minimum atomic E-state index is -0.0329. The van der Waals surface area contributed by atoms with E-state index in [2.05, 4.69) is 0 Å². The lowest BCUT2D eigenvalue weighted by Gasteiger charge is -2.35. The van der Waals surface area contributed by atoms with Crippen molar-refractivity contribution in [1.82, 2.24) is 19.6 Å². The van der Waals surface area contributed by atoms with Crippen molar-refractivity contribution >= 4 is 11.8 Å². The average Bonchev–Trinajstić information content (AvgIpc) is 3.35. The van der Waals surface area contributed by atoms with Crippen LogP contribution in [0.25, 0.3) is 16.9 Å². The second-order valence-corrected chi connectivity index (χ2v) is 9.04. The van der Waals surface area contributed by atoms with Gasteiger partial charge in [-0.3, -0.25) is 9.59 Å². The normalized spacial score (nSPS) is 17.1. The van der Waals surface area contributed by atoms with Gasteiger partial charge < -0.3 is 14.5 Å². The van der Waals surface area contributed by atoms with Crippen molar-refractivity contribution in [2.24, 2.45) is 5.92 Å². The van der Waals surface area contributed by atoms with Gasteiger partial charge in [0.1, 0.15) is 5.69 Å². The predicted molar refractivity (Wildman–Crippen MR) is 130 cm³/mol. The molecule has 2 aliphatic heterocycles. The van der Waals surface area contributed by atoms with Gasteiger partial charge in [-0.15, -0.1) is 0 Å². The molecule has 2 saturated heterocycles. The highest BCUT2D eigenvalue weighted by molar-refractivity contribution is 6.00. The van der Waals surface area contributed by atoms with Gasteiger partial charge in [0.15, 0.2) is 0 Å². The molecule has 0 radical (unpaired) electrons. The lowest BCUT2D eigenvalue weighted by molar-refractivity contribution is -0.141. The molecule has 3 heterocycles. The molecule has 5 rings (SSSR count). The zero-order valence-corrected chi connectivity index (χ0v) is 19.5. The van der Waals surface area contributed by atoms with Crippen LogP contribution in [-0.4, -0.2) is 70.8 Å². The van der Waals surface area contributed by atoms with Gasteiger partial charge in [-0.1, -0.05) is 48.0 Å². The number of amides is 2. The van der Waals surface area contributed by atoms with Gasteiger partial charge in [-0.25, -0.2) is 4.68 Å². The van der Waals surface area contributed by atoms with Crippen LogP contribution in [-0.2, 0) is 9.53 Å². The summed E-state index contributed by atoms with van der Waals surface area (Å²) in [5, 5.41) is 4.80. The fraction of sp³-hybridized carbons (Fsp3) is 0.370. The number of piperidine rings is 1. The molecule has 0 bridgehead atoms. The molecule has 0 atom stereocenters. The van der Waals surface area contributed by atoms with Gasteiger partial charge in [-0.05, 0) is 31.9 Å². The molecular weight excluding hydrogens is 428 g/mol. The molecule has 1 aromatic heterocycles. The number of hydrogen-bond acceptors (Lipinski definition) is 4. The van der Waals surface area contributed by atoms with Crippen molar-refractivity contribution in [3.8, 4) is 16.9 Å². The number of morpholine rings is 1. The number of likely N-dealkylation sites (tertiary alicyclic amines) is 1. The molecule has 2 amide bonds. The van der Waals surface area contributed by atoms with E-state index in [-0.39, 0.29) is 17.7 Å². The zero-order chi connectivity index (χ0) is 23.5. The largest absolute Gasteiger partial charge is 0.378 e. The van der Waals surface area contributed by atoms with Crippen LogP contribution in [0, 0.1) is 12.8 Å². The molecule has 176 valence electrons. The van der Waals surface area contributed by atoms with Gasteiger partial charge >= 0.3 is 0 Å². The maximum absolute atomic E-state index is 13.6. The molecule has 0 saturated carbocycles. The Morgan fingerprint density at radius 1 is 0.882 bits per heavy atom. The second-order valence-electron chi connectivity index (χ2n) is 9.04. The van der Waals surface area contributed by atoms with Crippen LogP contribution in [0.2, 0.25) is 0 Å². The summed E-state index contributed by atoms with van der Waals surface area (Å²) in [4.78, 5) is 30.3. The number of ether oxygens (including phenoxy) is 1. The van der Waals surface area contributed by atoms with E-state index in [0.717, 1.165) is 11.3 Å². The third-order valence-electron chi connectivity index (χ3n) is 6.74. The van der Waals surface area contributed by atoms with Crippen LogP contribution >= 0.6 is 0 Å². The van der Waals surface area contributed by atoms with Crippen molar-refractivity contribution in [3.63, 3.8) is 0 Å². The van der Waals surface area contributed by atoms with E-state index in [4.69, 9.17) is 9.84 Å². The minimum Gasteiger partial charge on any atom is -0.378 e. The van der Waals surface area contributed by atoms with Gasteiger partial charge in [0.25, 0.3) is 5.91 Å². The molecule has 0 N–H and O–H groups in total. The third-order valence-corrected chi connectivity index (χ3v) is 6.74. The summed E-state index contributed by atoms with van der Waals surface area (Å²) in [6.45, 7) is 5.73. The monoisotopic (exact) mass is 458 g/mol. The van der Waals surface area contributed by atoms with Gasteiger partial charge in [0.2, 0.25) is 5.91 Å². The number of hydrogen-bond donors (Lipinski definition) is 0. The van der Waals surface area contributed by atoms with E-state index in [0.29, 0.717) is 63.5 Å². The lowest BCUT2D eigenvalue weighted by atomic mass is 9.94. The molecule has 0 spiro atoms. The van der Waals surface area contributed by atoms with E-state index < -0.39 is 0 Å². The summed E-state index contributed by atoms with van der Waals surface area (Å²) in [6, 6.07) is 17.9. The number of carbonyl (C=O) groups excluding carboxylic acids is 2. The summed E-state index contributed by atoms with van der Waals surface area (Å²) in [5.41, 5.74) is 4.26. The summed E-state index contributed by atoms with van der Waals surface area (Å²) in [6.07, 6.45) is 3.21. The third kappa shape index (κ3) is 4.61. The van der Waals surface area contributed by atoms with E-state index in [9.17, 15) is 9.59 Å². The molecule has 2 aliphatic rings. The average molecular weight is 459 g/mol. The molecule has 0 unspecified atom stereocenters. The van der Waals surface area contributed by atoms with E-state index >= 15 is 0 Å². The highest BCUT2D eigenvalue weighted by Gasteiger charge is 2.32. The Kier molecular flexibility index (Phi) is 6.45.